The van der Waals surface area contributed by atoms with Crippen LogP contribution in [0.3, 0.4) is 0 Å². The minimum Gasteiger partial charge on any atom is -0.373 e. The number of hydrogen-bond donors (Lipinski definition) is 0. The normalized spacial score (nSPS) is 15.3. The molecule has 0 amide bonds. The maximum atomic E-state index is 14.5. The Balaban J connectivity index is 2.73. The van der Waals surface area contributed by atoms with Crippen molar-refractivity contribution in [1.29, 1.82) is 0 Å². The van der Waals surface area contributed by atoms with Gasteiger partial charge in [0, 0.05) is 41.3 Å². The zero-order chi connectivity index (χ0) is 15.7. The number of benzene rings is 1. The summed E-state index contributed by atoms with van der Waals surface area (Å²) in [5.74, 6) is -1.38. The van der Waals surface area contributed by atoms with Gasteiger partial charge >= 0.3 is 0 Å². The molecule has 21 heavy (non-hydrogen) atoms. The van der Waals surface area contributed by atoms with Crippen molar-refractivity contribution >= 4 is 28.7 Å². The lowest BCUT2D eigenvalue weighted by Crippen LogP contribution is -2.33. The van der Waals surface area contributed by atoms with Crippen molar-refractivity contribution in [2.75, 3.05) is 56.0 Å². The van der Waals surface area contributed by atoms with E-state index < -0.39 is 16.7 Å². The molecule has 1 heterocycles. The van der Waals surface area contributed by atoms with Gasteiger partial charge in [-0.25, -0.2) is 8.78 Å². The van der Waals surface area contributed by atoms with Crippen LogP contribution in [0.5, 0.6) is 0 Å². The molecule has 0 aliphatic carbocycles. The zero-order valence-corrected chi connectivity index (χ0v) is 13.8. The largest absolute Gasteiger partial charge is 0.373 e. The average Bonchev–Trinajstić information content (AvgIpc) is 2.44. The van der Waals surface area contributed by atoms with E-state index in [1.165, 1.54) is 0 Å². The summed E-state index contributed by atoms with van der Waals surface area (Å²) < 4.78 is 29.0. The second-order valence-corrected chi connectivity index (χ2v) is 6.20. The van der Waals surface area contributed by atoms with E-state index >= 15 is 0 Å². The molecule has 0 aromatic heterocycles. The van der Waals surface area contributed by atoms with Gasteiger partial charge in [-0.3, -0.25) is 0 Å². The molecular formula is C15H22ClF2N3. The molecule has 0 spiro atoms. The lowest BCUT2D eigenvalue weighted by Gasteiger charge is -2.36. The van der Waals surface area contributed by atoms with Gasteiger partial charge in [-0.1, -0.05) is 11.6 Å². The molecule has 1 saturated heterocycles. The summed E-state index contributed by atoms with van der Waals surface area (Å²) in [4.78, 5) is 5.39. The Morgan fingerprint density at radius 2 is 1.29 bits per heavy atom. The monoisotopic (exact) mass is 317 g/mol. The zero-order valence-electron chi connectivity index (χ0n) is 13.0. The predicted octanol–water partition coefficient (Wildman–Crippen LogP) is 3.74. The Kier molecular flexibility index (Phi) is 4.81. The van der Waals surface area contributed by atoms with E-state index in [0.29, 0.717) is 17.1 Å². The number of halogens is 3. The molecule has 0 N–H and O–H groups in total. The molecule has 0 radical (unpaired) electrons. The van der Waals surface area contributed by atoms with Crippen molar-refractivity contribution < 1.29 is 8.78 Å². The van der Waals surface area contributed by atoms with Gasteiger partial charge in [0.05, 0.1) is 5.69 Å². The first-order valence-electron chi connectivity index (χ1n) is 7.16. The molecule has 1 aromatic rings. The number of anilines is 3. The van der Waals surface area contributed by atoms with Crippen LogP contribution in [0.1, 0.15) is 19.3 Å². The van der Waals surface area contributed by atoms with E-state index in [2.05, 4.69) is 4.90 Å². The third kappa shape index (κ3) is 2.89. The molecule has 6 heteroatoms. The van der Waals surface area contributed by atoms with E-state index in [9.17, 15) is 8.78 Å². The van der Waals surface area contributed by atoms with Gasteiger partial charge in [0.15, 0.2) is 11.6 Å². The fourth-order valence-electron chi connectivity index (χ4n) is 2.86. The summed E-state index contributed by atoms with van der Waals surface area (Å²) >= 11 is 5.87. The topological polar surface area (TPSA) is 9.72 Å². The summed E-state index contributed by atoms with van der Waals surface area (Å²) in [6.45, 7) is 1.62. The summed E-state index contributed by atoms with van der Waals surface area (Å²) in [6, 6.07) is 0. The van der Waals surface area contributed by atoms with Gasteiger partial charge in [0.1, 0.15) is 16.4 Å². The maximum absolute atomic E-state index is 14.5. The molecule has 0 atom stereocenters. The Morgan fingerprint density at radius 1 is 0.857 bits per heavy atom. The van der Waals surface area contributed by atoms with Crippen molar-refractivity contribution in [1.82, 2.24) is 0 Å². The van der Waals surface area contributed by atoms with Crippen LogP contribution < -0.4 is 14.7 Å². The molecule has 118 valence electrons. The SMILES string of the molecule is CN(C)c1c(F)c(Cl)c(F)c(N(C)C)c1N1CCCCC1. The highest BCUT2D eigenvalue weighted by molar-refractivity contribution is 6.32. The average molecular weight is 318 g/mol. The molecule has 0 saturated carbocycles. The van der Waals surface area contributed by atoms with Crippen LogP contribution in [0, 0.1) is 11.6 Å². The van der Waals surface area contributed by atoms with E-state index in [0.717, 1.165) is 32.4 Å². The van der Waals surface area contributed by atoms with E-state index in [4.69, 9.17) is 11.6 Å². The molecule has 1 aliphatic rings. The first-order chi connectivity index (χ1) is 9.86. The fourth-order valence-corrected chi connectivity index (χ4v) is 3.04. The standard InChI is InChI=1S/C15H22ClF2N3/c1-19(2)13-11(17)10(16)12(18)14(20(3)4)15(13)21-8-6-5-7-9-21/h5-9H2,1-4H3. The minimum absolute atomic E-state index is 0.354. The molecule has 1 fully saturated rings. The molecule has 2 rings (SSSR count). The number of piperidine rings is 1. The van der Waals surface area contributed by atoms with Crippen LogP contribution in [0.2, 0.25) is 5.02 Å². The Hall–Kier alpha value is -1.23. The van der Waals surface area contributed by atoms with Crippen molar-refractivity contribution in [3.05, 3.63) is 16.7 Å². The van der Waals surface area contributed by atoms with Crippen LogP contribution in [0.4, 0.5) is 25.8 Å². The molecule has 0 unspecified atom stereocenters. The van der Waals surface area contributed by atoms with Crippen molar-refractivity contribution in [3.63, 3.8) is 0 Å². The van der Waals surface area contributed by atoms with Gasteiger partial charge < -0.3 is 14.7 Å². The van der Waals surface area contributed by atoms with Gasteiger partial charge in [0.2, 0.25) is 0 Å². The minimum atomic E-state index is -0.689. The molecule has 0 bridgehead atoms. The third-order valence-electron chi connectivity index (χ3n) is 3.82. The fraction of sp³-hybridized carbons (Fsp3) is 0.600. The van der Waals surface area contributed by atoms with Crippen LogP contribution in [0.15, 0.2) is 0 Å². The summed E-state index contributed by atoms with van der Waals surface area (Å²) in [6.07, 6.45) is 3.22. The van der Waals surface area contributed by atoms with E-state index in [-0.39, 0.29) is 0 Å². The second kappa shape index (κ2) is 6.26. The first kappa shape index (κ1) is 16.1. The van der Waals surface area contributed by atoms with Gasteiger partial charge in [-0.15, -0.1) is 0 Å². The predicted molar refractivity (Wildman–Crippen MR) is 86.1 cm³/mol. The molecule has 3 nitrogen and oxygen atoms in total. The van der Waals surface area contributed by atoms with Crippen molar-refractivity contribution in [3.8, 4) is 0 Å². The summed E-state index contributed by atoms with van der Waals surface area (Å²) in [5, 5.41) is -0.442. The lowest BCUT2D eigenvalue weighted by molar-refractivity contribution is 0.561. The molecule has 1 aromatic carbocycles. The molecular weight excluding hydrogens is 296 g/mol. The third-order valence-corrected chi connectivity index (χ3v) is 4.15. The number of hydrogen-bond acceptors (Lipinski definition) is 3. The van der Waals surface area contributed by atoms with Crippen LogP contribution in [-0.4, -0.2) is 41.3 Å². The molecule has 1 aliphatic heterocycles. The highest BCUT2D eigenvalue weighted by Gasteiger charge is 2.29. The highest BCUT2D eigenvalue weighted by Crippen LogP contribution is 2.46. The first-order valence-corrected chi connectivity index (χ1v) is 7.54. The van der Waals surface area contributed by atoms with E-state index in [1.54, 1.807) is 38.0 Å². The Bertz CT molecular complexity index is 491. The van der Waals surface area contributed by atoms with Gasteiger partial charge in [0.25, 0.3) is 0 Å². The second-order valence-electron chi connectivity index (χ2n) is 5.82. The summed E-state index contributed by atoms with van der Waals surface area (Å²) in [5.41, 5.74) is 1.31. The number of nitrogens with zero attached hydrogens (tertiary/aromatic N) is 3. The highest BCUT2D eigenvalue weighted by atomic mass is 35.5. The van der Waals surface area contributed by atoms with Crippen molar-refractivity contribution in [2.24, 2.45) is 0 Å². The quantitative estimate of drug-likeness (QED) is 0.786. The number of rotatable bonds is 3. The van der Waals surface area contributed by atoms with Crippen molar-refractivity contribution in [2.45, 2.75) is 19.3 Å². The van der Waals surface area contributed by atoms with Crippen LogP contribution >= 0.6 is 11.6 Å². The van der Waals surface area contributed by atoms with Crippen LogP contribution in [0.25, 0.3) is 0 Å². The van der Waals surface area contributed by atoms with E-state index in [1.807, 2.05) is 0 Å². The Morgan fingerprint density at radius 3 is 1.67 bits per heavy atom. The lowest BCUT2D eigenvalue weighted by atomic mass is 10.1. The summed E-state index contributed by atoms with van der Waals surface area (Å²) in [7, 11) is 7.00. The van der Waals surface area contributed by atoms with Crippen LogP contribution in [-0.2, 0) is 0 Å². The Labute approximate surface area is 130 Å². The maximum Gasteiger partial charge on any atom is 0.170 e. The smallest absolute Gasteiger partial charge is 0.170 e. The van der Waals surface area contributed by atoms with Gasteiger partial charge in [-0.05, 0) is 19.3 Å². The van der Waals surface area contributed by atoms with Gasteiger partial charge in [-0.2, -0.15) is 0 Å².